The summed E-state index contributed by atoms with van der Waals surface area (Å²) in [5, 5.41) is 2.16. The standard InChI is InChI=1S/C17H13NS/c1-2-4-13(5-3-1)15-6-7-16-17-14(9-11-19-17)8-10-18(16)12-15/h1-11H,12H2. The molecule has 0 saturated heterocycles. The van der Waals surface area contributed by atoms with E-state index in [2.05, 4.69) is 71.1 Å². The largest absolute Gasteiger partial charge is 0.342 e. The van der Waals surface area contributed by atoms with E-state index in [9.17, 15) is 0 Å². The molecule has 2 aromatic rings. The fraction of sp³-hybridized carbons (Fsp3) is 0.0588. The highest BCUT2D eigenvalue weighted by molar-refractivity contribution is 7.11. The van der Waals surface area contributed by atoms with Crippen LogP contribution in [0, 0.1) is 0 Å². The number of hydrogen-bond acceptors (Lipinski definition) is 2. The Hall–Kier alpha value is -2.06. The maximum Gasteiger partial charge on any atom is 0.0590 e. The summed E-state index contributed by atoms with van der Waals surface area (Å²) in [6.07, 6.45) is 8.89. The second-order valence-electron chi connectivity index (χ2n) is 4.76. The van der Waals surface area contributed by atoms with E-state index in [1.165, 1.54) is 27.3 Å². The highest BCUT2D eigenvalue weighted by Gasteiger charge is 2.21. The summed E-state index contributed by atoms with van der Waals surface area (Å²) in [5.41, 5.74) is 5.34. The van der Waals surface area contributed by atoms with Gasteiger partial charge in [-0.25, -0.2) is 0 Å². The summed E-state index contributed by atoms with van der Waals surface area (Å²) in [6.45, 7) is 0.948. The van der Waals surface area contributed by atoms with Gasteiger partial charge in [0.2, 0.25) is 0 Å². The van der Waals surface area contributed by atoms with E-state index < -0.39 is 0 Å². The number of allylic oxidation sites excluding steroid dienone is 2. The number of benzene rings is 1. The van der Waals surface area contributed by atoms with Gasteiger partial charge in [0.25, 0.3) is 0 Å². The van der Waals surface area contributed by atoms with Gasteiger partial charge in [0.05, 0.1) is 10.6 Å². The maximum atomic E-state index is 2.33. The molecule has 0 radical (unpaired) electrons. The Morgan fingerprint density at radius 2 is 1.89 bits per heavy atom. The summed E-state index contributed by atoms with van der Waals surface area (Å²) in [6, 6.07) is 12.8. The van der Waals surface area contributed by atoms with Crippen LogP contribution in [0.3, 0.4) is 0 Å². The van der Waals surface area contributed by atoms with E-state index in [4.69, 9.17) is 0 Å². The Labute approximate surface area is 116 Å². The van der Waals surface area contributed by atoms with E-state index in [1.54, 1.807) is 0 Å². The summed E-state index contributed by atoms with van der Waals surface area (Å²) >= 11 is 1.82. The molecule has 0 fully saturated rings. The smallest absolute Gasteiger partial charge is 0.0590 e. The zero-order chi connectivity index (χ0) is 12.7. The summed E-state index contributed by atoms with van der Waals surface area (Å²) in [5.74, 6) is 0. The maximum absolute atomic E-state index is 2.33. The summed E-state index contributed by atoms with van der Waals surface area (Å²) in [4.78, 5) is 3.71. The quantitative estimate of drug-likeness (QED) is 0.733. The van der Waals surface area contributed by atoms with Crippen LogP contribution in [-0.2, 0) is 0 Å². The Morgan fingerprint density at radius 1 is 1.00 bits per heavy atom. The highest BCUT2D eigenvalue weighted by atomic mass is 32.1. The van der Waals surface area contributed by atoms with Gasteiger partial charge < -0.3 is 4.90 Å². The monoisotopic (exact) mass is 263 g/mol. The predicted molar refractivity (Wildman–Crippen MR) is 82.5 cm³/mol. The van der Waals surface area contributed by atoms with Crippen molar-refractivity contribution in [2.75, 3.05) is 6.54 Å². The van der Waals surface area contributed by atoms with Gasteiger partial charge in [0.15, 0.2) is 0 Å². The predicted octanol–water partition coefficient (Wildman–Crippen LogP) is 4.47. The van der Waals surface area contributed by atoms with Crippen LogP contribution < -0.4 is 0 Å². The second kappa shape index (κ2) is 4.25. The topological polar surface area (TPSA) is 3.24 Å². The van der Waals surface area contributed by atoms with Gasteiger partial charge in [0, 0.05) is 12.7 Å². The number of nitrogens with zero attached hydrogens (tertiary/aromatic N) is 1. The zero-order valence-electron chi connectivity index (χ0n) is 10.4. The van der Waals surface area contributed by atoms with Crippen molar-refractivity contribution in [3.63, 3.8) is 0 Å². The third kappa shape index (κ3) is 1.76. The molecule has 92 valence electrons. The fourth-order valence-corrected chi connectivity index (χ4v) is 3.53. The first-order chi connectivity index (χ1) is 9.42. The molecule has 0 aliphatic carbocycles. The summed E-state index contributed by atoms with van der Waals surface area (Å²) < 4.78 is 0. The van der Waals surface area contributed by atoms with E-state index in [0.29, 0.717) is 0 Å². The van der Waals surface area contributed by atoms with E-state index >= 15 is 0 Å². The summed E-state index contributed by atoms with van der Waals surface area (Å²) in [7, 11) is 0. The van der Waals surface area contributed by atoms with Crippen molar-refractivity contribution < 1.29 is 0 Å². The lowest BCUT2D eigenvalue weighted by atomic mass is 9.99. The number of rotatable bonds is 1. The van der Waals surface area contributed by atoms with Gasteiger partial charge in [-0.2, -0.15) is 0 Å². The van der Waals surface area contributed by atoms with Crippen LogP contribution in [-0.4, -0.2) is 11.4 Å². The number of fused-ring (bicyclic) bond motifs is 3. The van der Waals surface area contributed by atoms with Crippen LogP contribution in [0.1, 0.15) is 16.0 Å². The molecule has 2 aliphatic heterocycles. The molecule has 1 aromatic carbocycles. The lowest BCUT2D eigenvalue weighted by Gasteiger charge is -2.30. The SMILES string of the molecule is C1=CN2CC(c3ccccc3)=CC=C2c2sccc21. The first-order valence-electron chi connectivity index (χ1n) is 6.41. The van der Waals surface area contributed by atoms with Crippen LogP contribution in [0.5, 0.6) is 0 Å². The van der Waals surface area contributed by atoms with Crippen molar-refractivity contribution in [3.05, 3.63) is 76.1 Å². The molecule has 0 unspecified atom stereocenters. The molecular formula is C17H13NS. The molecule has 0 saturated carbocycles. The van der Waals surface area contributed by atoms with Gasteiger partial charge in [-0.15, -0.1) is 11.3 Å². The van der Waals surface area contributed by atoms with Crippen molar-refractivity contribution in [3.8, 4) is 0 Å². The Balaban J connectivity index is 1.77. The van der Waals surface area contributed by atoms with Crippen LogP contribution in [0.25, 0.3) is 17.3 Å². The van der Waals surface area contributed by atoms with Crippen LogP contribution in [0.4, 0.5) is 0 Å². The molecular weight excluding hydrogens is 250 g/mol. The first-order valence-corrected chi connectivity index (χ1v) is 7.29. The molecule has 19 heavy (non-hydrogen) atoms. The Kier molecular flexibility index (Phi) is 2.42. The minimum Gasteiger partial charge on any atom is -0.342 e. The average Bonchev–Trinajstić information content (AvgIpc) is 2.96. The molecule has 2 aliphatic rings. The lowest BCUT2D eigenvalue weighted by molar-refractivity contribution is 0.598. The van der Waals surface area contributed by atoms with Crippen molar-refractivity contribution in [2.24, 2.45) is 0 Å². The van der Waals surface area contributed by atoms with Gasteiger partial charge in [-0.3, -0.25) is 0 Å². The lowest BCUT2D eigenvalue weighted by Crippen LogP contribution is -2.22. The van der Waals surface area contributed by atoms with E-state index in [0.717, 1.165) is 6.54 Å². The molecule has 2 heteroatoms. The van der Waals surface area contributed by atoms with Crippen LogP contribution >= 0.6 is 11.3 Å². The average molecular weight is 263 g/mol. The van der Waals surface area contributed by atoms with Crippen LogP contribution in [0.2, 0.25) is 0 Å². The van der Waals surface area contributed by atoms with Crippen LogP contribution in [0.15, 0.2) is 60.1 Å². The minimum atomic E-state index is 0.948. The Bertz CT molecular complexity index is 704. The van der Waals surface area contributed by atoms with Gasteiger partial charge >= 0.3 is 0 Å². The molecule has 4 rings (SSSR count). The van der Waals surface area contributed by atoms with Crippen molar-refractivity contribution >= 4 is 28.7 Å². The third-order valence-electron chi connectivity index (χ3n) is 3.60. The Morgan fingerprint density at radius 3 is 2.79 bits per heavy atom. The van der Waals surface area contributed by atoms with Gasteiger partial charge in [-0.1, -0.05) is 36.4 Å². The molecule has 0 amide bonds. The fourth-order valence-electron chi connectivity index (χ4n) is 2.60. The molecule has 0 N–H and O–H groups in total. The molecule has 0 atom stereocenters. The van der Waals surface area contributed by atoms with Crippen molar-refractivity contribution in [1.29, 1.82) is 0 Å². The number of hydrogen-bond donors (Lipinski definition) is 0. The van der Waals surface area contributed by atoms with E-state index in [-0.39, 0.29) is 0 Å². The molecule has 1 nitrogen and oxygen atoms in total. The van der Waals surface area contributed by atoms with Crippen molar-refractivity contribution in [1.82, 2.24) is 4.90 Å². The second-order valence-corrected chi connectivity index (χ2v) is 5.67. The highest BCUT2D eigenvalue weighted by Crippen LogP contribution is 2.37. The van der Waals surface area contributed by atoms with Crippen molar-refractivity contribution in [2.45, 2.75) is 0 Å². The van der Waals surface area contributed by atoms with Gasteiger partial charge in [-0.05, 0) is 40.3 Å². The molecule has 0 bridgehead atoms. The molecule has 1 aromatic heterocycles. The zero-order valence-corrected chi connectivity index (χ0v) is 11.2. The number of thiophene rings is 1. The normalized spacial score (nSPS) is 16.5. The first kappa shape index (κ1) is 10.8. The van der Waals surface area contributed by atoms with Gasteiger partial charge in [0.1, 0.15) is 0 Å². The minimum absolute atomic E-state index is 0.948. The van der Waals surface area contributed by atoms with E-state index in [1.807, 2.05) is 11.3 Å². The molecule has 0 spiro atoms. The molecule has 3 heterocycles. The third-order valence-corrected chi connectivity index (χ3v) is 4.55.